The number of carbonyl (C=O) groups is 2. The van der Waals surface area contributed by atoms with Crippen molar-refractivity contribution in [1.29, 1.82) is 0 Å². The summed E-state index contributed by atoms with van der Waals surface area (Å²) in [6.07, 6.45) is 0.457. The lowest BCUT2D eigenvalue weighted by molar-refractivity contribution is 0.0285. The number of nitrogens with one attached hydrogen (secondary N) is 1. The van der Waals surface area contributed by atoms with Crippen molar-refractivity contribution in [2.75, 3.05) is 18.9 Å². The number of benzene rings is 2. The van der Waals surface area contributed by atoms with Gasteiger partial charge in [-0.05, 0) is 49.9 Å². The maximum absolute atomic E-state index is 12.8. The summed E-state index contributed by atoms with van der Waals surface area (Å²) < 4.78 is 5.41. The van der Waals surface area contributed by atoms with Gasteiger partial charge in [0.1, 0.15) is 5.60 Å². The lowest BCUT2D eigenvalue weighted by Gasteiger charge is -2.29. The zero-order valence-electron chi connectivity index (χ0n) is 17.6. The average molecular weight is 396 g/mol. The molecule has 0 aromatic heterocycles. The van der Waals surface area contributed by atoms with Crippen LogP contribution in [0.3, 0.4) is 0 Å². The van der Waals surface area contributed by atoms with E-state index in [1.165, 1.54) is 16.0 Å². The number of carbonyl (C=O) groups excluding carboxylic acids is 2. The first kappa shape index (κ1) is 20.7. The van der Waals surface area contributed by atoms with Crippen molar-refractivity contribution < 1.29 is 14.3 Å². The molecule has 2 aromatic rings. The number of anilines is 1. The molecular formula is C23H29N3O3. The second-order valence-corrected chi connectivity index (χ2v) is 8.36. The number of amides is 3. The third kappa shape index (κ3) is 5.50. The molecule has 1 N–H and O–H groups in total. The lowest BCUT2D eigenvalue weighted by Crippen LogP contribution is -2.39. The Morgan fingerprint density at radius 1 is 1.07 bits per heavy atom. The van der Waals surface area contributed by atoms with Crippen molar-refractivity contribution in [3.05, 3.63) is 65.2 Å². The SMILES string of the molecule is CN(Cc1ccccc1NC(=O)N1CCc2ccccc2C1)C(=O)OC(C)(C)C. The fourth-order valence-electron chi connectivity index (χ4n) is 3.30. The van der Waals surface area contributed by atoms with E-state index in [1.54, 1.807) is 7.05 Å². The number of nitrogens with zero attached hydrogens (tertiary/aromatic N) is 2. The standard InChI is InChI=1S/C23H29N3O3/c1-23(2,3)29-22(28)25(4)15-19-11-7-8-12-20(19)24-21(27)26-14-13-17-9-5-6-10-18(17)16-26/h5-12H,13-16H2,1-4H3,(H,24,27). The Bertz CT molecular complexity index is 889. The van der Waals surface area contributed by atoms with Crippen molar-refractivity contribution >= 4 is 17.8 Å². The highest BCUT2D eigenvalue weighted by atomic mass is 16.6. The van der Waals surface area contributed by atoms with E-state index >= 15 is 0 Å². The van der Waals surface area contributed by atoms with E-state index in [1.807, 2.05) is 62.1 Å². The highest BCUT2D eigenvalue weighted by molar-refractivity contribution is 5.90. The molecule has 1 heterocycles. The first-order valence-corrected chi connectivity index (χ1v) is 9.87. The van der Waals surface area contributed by atoms with E-state index in [2.05, 4.69) is 17.4 Å². The lowest BCUT2D eigenvalue weighted by atomic mass is 10.0. The molecule has 0 spiro atoms. The number of urea groups is 1. The van der Waals surface area contributed by atoms with Gasteiger partial charge in [0.15, 0.2) is 0 Å². The minimum absolute atomic E-state index is 0.133. The molecule has 0 saturated heterocycles. The van der Waals surface area contributed by atoms with Crippen LogP contribution in [0.1, 0.15) is 37.5 Å². The Morgan fingerprint density at radius 2 is 1.72 bits per heavy atom. The van der Waals surface area contributed by atoms with Crippen molar-refractivity contribution in [2.45, 2.75) is 45.9 Å². The number of hydrogen-bond donors (Lipinski definition) is 1. The highest BCUT2D eigenvalue weighted by Gasteiger charge is 2.23. The van der Waals surface area contributed by atoms with Crippen LogP contribution in [-0.2, 0) is 24.2 Å². The van der Waals surface area contributed by atoms with Gasteiger partial charge in [-0.1, -0.05) is 42.5 Å². The predicted molar refractivity (Wildman–Crippen MR) is 114 cm³/mol. The van der Waals surface area contributed by atoms with Gasteiger partial charge in [-0.2, -0.15) is 0 Å². The van der Waals surface area contributed by atoms with Crippen LogP contribution in [0.25, 0.3) is 0 Å². The average Bonchev–Trinajstić information content (AvgIpc) is 2.67. The van der Waals surface area contributed by atoms with Crippen LogP contribution in [0.2, 0.25) is 0 Å². The van der Waals surface area contributed by atoms with Crippen LogP contribution in [0.5, 0.6) is 0 Å². The topological polar surface area (TPSA) is 61.9 Å². The molecule has 0 saturated carbocycles. The Kier molecular flexibility index (Phi) is 6.11. The summed E-state index contributed by atoms with van der Waals surface area (Å²) in [5.41, 5.74) is 3.49. The Labute approximate surface area is 172 Å². The molecule has 6 nitrogen and oxygen atoms in total. The molecule has 0 unspecified atom stereocenters. The van der Waals surface area contributed by atoms with Crippen LogP contribution in [0.15, 0.2) is 48.5 Å². The van der Waals surface area contributed by atoms with E-state index in [0.29, 0.717) is 25.3 Å². The van der Waals surface area contributed by atoms with Gasteiger partial charge in [-0.3, -0.25) is 0 Å². The third-order valence-electron chi connectivity index (χ3n) is 4.79. The summed E-state index contributed by atoms with van der Waals surface area (Å²) in [5, 5.41) is 3.01. The molecule has 1 aliphatic heterocycles. The van der Waals surface area contributed by atoms with Crippen LogP contribution < -0.4 is 5.32 Å². The Balaban J connectivity index is 1.66. The highest BCUT2D eigenvalue weighted by Crippen LogP contribution is 2.22. The molecule has 0 aliphatic carbocycles. The van der Waals surface area contributed by atoms with Crippen LogP contribution in [-0.4, -0.2) is 41.1 Å². The van der Waals surface area contributed by atoms with Crippen molar-refractivity contribution in [3.63, 3.8) is 0 Å². The van der Waals surface area contributed by atoms with E-state index in [4.69, 9.17) is 4.74 Å². The van der Waals surface area contributed by atoms with E-state index in [-0.39, 0.29) is 6.03 Å². The minimum Gasteiger partial charge on any atom is -0.444 e. The van der Waals surface area contributed by atoms with Crippen molar-refractivity contribution in [3.8, 4) is 0 Å². The second kappa shape index (κ2) is 8.55. The molecule has 3 rings (SSSR count). The molecule has 6 heteroatoms. The number of ether oxygens (including phenoxy) is 1. The molecule has 29 heavy (non-hydrogen) atoms. The monoisotopic (exact) mass is 395 g/mol. The summed E-state index contributed by atoms with van der Waals surface area (Å²) in [6, 6.07) is 15.6. The fourth-order valence-corrected chi connectivity index (χ4v) is 3.30. The van der Waals surface area contributed by atoms with E-state index in [0.717, 1.165) is 12.0 Å². The van der Waals surface area contributed by atoms with Crippen LogP contribution in [0, 0.1) is 0 Å². The summed E-state index contributed by atoms with van der Waals surface area (Å²) >= 11 is 0. The maximum atomic E-state index is 12.8. The van der Waals surface area contributed by atoms with Gasteiger partial charge in [-0.25, -0.2) is 9.59 Å². The van der Waals surface area contributed by atoms with Crippen LogP contribution >= 0.6 is 0 Å². The summed E-state index contributed by atoms with van der Waals surface area (Å²) in [5.74, 6) is 0. The van der Waals surface area contributed by atoms with Gasteiger partial charge in [0.25, 0.3) is 0 Å². The summed E-state index contributed by atoms with van der Waals surface area (Å²) in [4.78, 5) is 28.4. The smallest absolute Gasteiger partial charge is 0.410 e. The number of fused-ring (bicyclic) bond motifs is 1. The number of rotatable bonds is 3. The van der Waals surface area contributed by atoms with Gasteiger partial charge < -0.3 is 19.9 Å². The molecular weight excluding hydrogens is 366 g/mol. The molecule has 1 aliphatic rings. The molecule has 2 aromatic carbocycles. The van der Waals surface area contributed by atoms with Crippen molar-refractivity contribution in [1.82, 2.24) is 9.80 Å². The zero-order valence-corrected chi connectivity index (χ0v) is 17.6. The summed E-state index contributed by atoms with van der Waals surface area (Å²) in [6.45, 7) is 7.13. The number of hydrogen-bond acceptors (Lipinski definition) is 3. The second-order valence-electron chi connectivity index (χ2n) is 8.36. The Morgan fingerprint density at radius 3 is 2.45 bits per heavy atom. The van der Waals surface area contributed by atoms with Gasteiger partial charge in [0.05, 0.1) is 6.54 Å². The quantitative estimate of drug-likeness (QED) is 0.823. The predicted octanol–water partition coefficient (Wildman–Crippen LogP) is 4.64. The van der Waals surface area contributed by atoms with Gasteiger partial charge in [0, 0.05) is 25.8 Å². The number of para-hydroxylation sites is 1. The normalized spacial score (nSPS) is 13.4. The molecule has 0 fully saturated rings. The Hall–Kier alpha value is -3.02. The van der Waals surface area contributed by atoms with E-state index in [9.17, 15) is 9.59 Å². The molecule has 154 valence electrons. The zero-order chi connectivity index (χ0) is 21.0. The molecule has 0 radical (unpaired) electrons. The van der Waals surface area contributed by atoms with Gasteiger partial charge >= 0.3 is 12.1 Å². The van der Waals surface area contributed by atoms with Gasteiger partial charge in [0.2, 0.25) is 0 Å². The first-order chi connectivity index (χ1) is 13.7. The van der Waals surface area contributed by atoms with Crippen LogP contribution in [0.4, 0.5) is 15.3 Å². The molecule has 0 bridgehead atoms. The van der Waals surface area contributed by atoms with Crippen molar-refractivity contribution in [2.24, 2.45) is 0 Å². The minimum atomic E-state index is -0.552. The molecule has 0 atom stereocenters. The first-order valence-electron chi connectivity index (χ1n) is 9.87. The fraction of sp³-hybridized carbons (Fsp3) is 0.391. The van der Waals surface area contributed by atoms with Gasteiger partial charge in [-0.15, -0.1) is 0 Å². The van der Waals surface area contributed by atoms with E-state index < -0.39 is 11.7 Å². The third-order valence-corrected chi connectivity index (χ3v) is 4.79. The summed E-state index contributed by atoms with van der Waals surface area (Å²) in [7, 11) is 1.69. The largest absolute Gasteiger partial charge is 0.444 e. The molecule has 3 amide bonds. The maximum Gasteiger partial charge on any atom is 0.410 e.